The molecule has 2 rings (SSSR count). The first-order valence-electron chi connectivity index (χ1n) is 4.72. The number of hydrogen-bond donors (Lipinski definition) is 2. The zero-order chi connectivity index (χ0) is 9.26. The van der Waals surface area contributed by atoms with Crippen LogP contribution in [0, 0.1) is 0 Å². The minimum atomic E-state index is 1.00. The molecule has 0 aromatic carbocycles. The molecule has 1 aliphatic heterocycles. The van der Waals surface area contributed by atoms with E-state index in [0.717, 1.165) is 31.9 Å². The molecule has 1 aliphatic rings. The predicted octanol–water partition coefficient (Wildman–Crippen LogP) is 0.609. The molecule has 0 radical (unpaired) electrons. The Balaban J connectivity index is 2.25. The van der Waals surface area contributed by atoms with Crippen LogP contribution in [0.2, 0.25) is 0 Å². The number of anilines is 1. The van der Waals surface area contributed by atoms with Crippen molar-refractivity contribution >= 4 is 5.69 Å². The summed E-state index contributed by atoms with van der Waals surface area (Å²) < 4.78 is 2.27. The van der Waals surface area contributed by atoms with Crippen LogP contribution < -0.4 is 11.3 Å². The maximum absolute atomic E-state index is 5.42. The van der Waals surface area contributed by atoms with Gasteiger partial charge in [0.05, 0.1) is 11.4 Å². The zero-order valence-corrected chi connectivity index (χ0v) is 7.95. The van der Waals surface area contributed by atoms with Gasteiger partial charge < -0.3 is 9.99 Å². The van der Waals surface area contributed by atoms with Crippen molar-refractivity contribution in [3.8, 4) is 0 Å². The van der Waals surface area contributed by atoms with Gasteiger partial charge in [-0.15, -0.1) is 0 Å². The third-order valence-corrected chi connectivity index (χ3v) is 2.71. The number of hydrazine groups is 1. The second-order valence-corrected chi connectivity index (χ2v) is 3.38. The van der Waals surface area contributed by atoms with Gasteiger partial charge in [-0.25, -0.2) is 0 Å². The van der Waals surface area contributed by atoms with Crippen molar-refractivity contribution in [2.45, 2.75) is 20.0 Å². The maximum atomic E-state index is 5.42. The van der Waals surface area contributed by atoms with Crippen molar-refractivity contribution in [3.05, 3.63) is 18.0 Å². The molecule has 1 aromatic rings. The zero-order valence-electron chi connectivity index (χ0n) is 7.95. The van der Waals surface area contributed by atoms with Crippen LogP contribution in [0.5, 0.6) is 0 Å². The van der Waals surface area contributed by atoms with Crippen molar-refractivity contribution in [1.82, 2.24) is 9.47 Å². The molecule has 2 heterocycles. The highest BCUT2D eigenvalue weighted by atomic mass is 15.3. The summed E-state index contributed by atoms with van der Waals surface area (Å²) in [5.74, 6) is 5.42. The molecule has 3 N–H and O–H groups in total. The van der Waals surface area contributed by atoms with E-state index in [-0.39, 0.29) is 0 Å². The molecule has 0 amide bonds. The van der Waals surface area contributed by atoms with Crippen molar-refractivity contribution in [3.63, 3.8) is 0 Å². The van der Waals surface area contributed by atoms with Crippen LogP contribution in [-0.2, 0) is 13.1 Å². The molecule has 0 aliphatic carbocycles. The lowest BCUT2D eigenvalue weighted by Gasteiger charge is -2.27. The van der Waals surface area contributed by atoms with Crippen LogP contribution in [-0.4, -0.2) is 22.6 Å². The molecule has 0 atom stereocenters. The molecular weight excluding hydrogens is 164 g/mol. The topological polar surface area (TPSA) is 46.2 Å². The number of aromatic nitrogens is 1. The minimum Gasteiger partial charge on any atom is -0.347 e. The number of hydrogen-bond acceptors (Lipinski definition) is 3. The quantitative estimate of drug-likeness (QED) is 0.518. The van der Waals surface area contributed by atoms with Crippen molar-refractivity contribution < 1.29 is 0 Å². The average Bonchev–Trinajstić information content (AvgIpc) is 2.59. The molecule has 0 bridgehead atoms. The highest BCUT2D eigenvalue weighted by molar-refractivity contribution is 5.48. The first-order chi connectivity index (χ1) is 6.35. The van der Waals surface area contributed by atoms with E-state index in [1.54, 1.807) is 0 Å². The van der Waals surface area contributed by atoms with Crippen molar-refractivity contribution in [2.24, 2.45) is 5.84 Å². The number of nitrogens with two attached hydrogens (primary N) is 1. The third kappa shape index (κ3) is 1.43. The molecule has 0 saturated carbocycles. The van der Waals surface area contributed by atoms with E-state index in [2.05, 4.69) is 28.0 Å². The first-order valence-corrected chi connectivity index (χ1v) is 4.72. The predicted molar refractivity (Wildman–Crippen MR) is 53.2 cm³/mol. The van der Waals surface area contributed by atoms with Crippen LogP contribution in [0.3, 0.4) is 0 Å². The standard InChI is InChI=1S/C9H16N4/c1-2-12-5-6-13-4-3-8(11-10)9(13)7-12/h3-4,11H,2,5-7,10H2,1H3. The highest BCUT2D eigenvalue weighted by Gasteiger charge is 2.16. The number of rotatable bonds is 2. The monoisotopic (exact) mass is 180 g/mol. The molecule has 0 unspecified atom stereocenters. The fourth-order valence-corrected chi connectivity index (χ4v) is 1.83. The lowest BCUT2D eigenvalue weighted by atomic mass is 10.3. The SMILES string of the molecule is CCN1CCn2ccc(NN)c2C1. The Labute approximate surface area is 78.3 Å². The maximum Gasteiger partial charge on any atom is 0.0708 e. The van der Waals surface area contributed by atoms with Crippen LogP contribution in [0.1, 0.15) is 12.6 Å². The number of nitrogen functional groups attached to an aromatic ring is 1. The van der Waals surface area contributed by atoms with Gasteiger partial charge in [0.2, 0.25) is 0 Å². The molecular formula is C9H16N4. The van der Waals surface area contributed by atoms with E-state index in [0.29, 0.717) is 0 Å². The molecule has 72 valence electrons. The van der Waals surface area contributed by atoms with Gasteiger partial charge in [-0.1, -0.05) is 6.92 Å². The van der Waals surface area contributed by atoms with Gasteiger partial charge in [0.1, 0.15) is 0 Å². The van der Waals surface area contributed by atoms with Crippen LogP contribution in [0.15, 0.2) is 12.3 Å². The molecule has 0 fully saturated rings. The Morgan fingerprint density at radius 2 is 2.38 bits per heavy atom. The third-order valence-electron chi connectivity index (χ3n) is 2.71. The van der Waals surface area contributed by atoms with Crippen LogP contribution >= 0.6 is 0 Å². The summed E-state index contributed by atoms with van der Waals surface area (Å²) >= 11 is 0. The van der Waals surface area contributed by atoms with Crippen molar-refractivity contribution in [2.75, 3.05) is 18.5 Å². The molecule has 1 aromatic heterocycles. The van der Waals surface area contributed by atoms with E-state index in [9.17, 15) is 0 Å². The number of likely N-dealkylation sites (N-methyl/N-ethyl adjacent to an activating group) is 1. The van der Waals surface area contributed by atoms with Gasteiger partial charge >= 0.3 is 0 Å². The summed E-state index contributed by atoms with van der Waals surface area (Å²) in [4.78, 5) is 2.41. The Morgan fingerprint density at radius 3 is 3.08 bits per heavy atom. The molecule has 4 nitrogen and oxygen atoms in total. The van der Waals surface area contributed by atoms with E-state index < -0.39 is 0 Å². The van der Waals surface area contributed by atoms with E-state index in [1.807, 2.05) is 6.07 Å². The molecule has 13 heavy (non-hydrogen) atoms. The van der Waals surface area contributed by atoms with Crippen LogP contribution in [0.25, 0.3) is 0 Å². The lowest BCUT2D eigenvalue weighted by Crippen LogP contribution is -2.33. The van der Waals surface area contributed by atoms with Gasteiger partial charge in [0.25, 0.3) is 0 Å². The van der Waals surface area contributed by atoms with Gasteiger partial charge in [0, 0.05) is 25.8 Å². The largest absolute Gasteiger partial charge is 0.347 e. The van der Waals surface area contributed by atoms with E-state index >= 15 is 0 Å². The van der Waals surface area contributed by atoms with E-state index in [4.69, 9.17) is 5.84 Å². The minimum absolute atomic E-state index is 1.00. The lowest BCUT2D eigenvalue weighted by molar-refractivity contribution is 0.233. The Kier molecular flexibility index (Phi) is 2.24. The molecule has 0 spiro atoms. The summed E-state index contributed by atoms with van der Waals surface area (Å²) in [7, 11) is 0. The Hall–Kier alpha value is -1.00. The summed E-state index contributed by atoms with van der Waals surface area (Å²) in [5, 5.41) is 0. The summed E-state index contributed by atoms with van der Waals surface area (Å²) in [6.07, 6.45) is 2.09. The van der Waals surface area contributed by atoms with Gasteiger partial charge in [-0.3, -0.25) is 10.7 Å². The second kappa shape index (κ2) is 3.40. The average molecular weight is 180 g/mol. The summed E-state index contributed by atoms with van der Waals surface area (Å²) in [5.41, 5.74) is 5.09. The summed E-state index contributed by atoms with van der Waals surface area (Å²) in [6, 6.07) is 2.04. The number of nitrogens with zero attached hydrogens (tertiary/aromatic N) is 2. The molecule has 4 heteroatoms. The smallest absolute Gasteiger partial charge is 0.0708 e. The highest BCUT2D eigenvalue weighted by Crippen LogP contribution is 2.21. The Morgan fingerprint density at radius 1 is 1.54 bits per heavy atom. The Bertz CT molecular complexity index is 278. The van der Waals surface area contributed by atoms with Crippen LogP contribution in [0.4, 0.5) is 5.69 Å². The van der Waals surface area contributed by atoms with Gasteiger partial charge in [-0.2, -0.15) is 0 Å². The molecule has 0 saturated heterocycles. The van der Waals surface area contributed by atoms with Crippen molar-refractivity contribution in [1.29, 1.82) is 0 Å². The fraction of sp³-hybridized carbons (Fsp3) is 0.556. The second-order valence-electron chi connectivity index (χ2n) is 3.38. The van der Waals surface area contributed by atoms with E-state index in [1.165, 1.54) is 5.69 Å². The van der Waals surface area contributed by atoms with Gasteiger partial charge in [-0.05, 0) is 12.6 Å². The summed E-state index contributed by atoms with van der Waals surface area (Å²) in [6.45, 7) is 6.51. The fourth-order valence-electron chi connectivity index (χ4n) is 1.83. The number of fused-ring (bicyclic) bond motifs is 1. The normalized spacial score (nSPS) is 17.1. The first kappa shape index (κ1) is 8.59. The van der Waals surface area contributed by atoms with Gasteiger partial charge in [0.15, 0.2) is 0 Å². The number of nitrogens with one attached hydrogen (secondary N) is 1.